The summed E-state index contributed by atoms with van der Waals surface area (Å²) in [7, 11) is 0. The van der Waals surface area contributed by atoms with Gasteiger partial charge in [-0.3, -0.25) is 15.1 Å². The minimum Gasteiger partial charge on any atom is -0.357 e. The van der Waals surface area contributed by atoms with E-state index in [4.69, 9.17) is 4.99 Å². The lowest BCUT2D eigenvalue weighted by Gasteiger charge is -2.39. The Balaban J connectivity index is 1.56. The predicted octanol–water partition coefficient (Wildman–Crippen LogP) is 1.06. The molecule has 2 heterocycles. The summed E-state index contributed by atoms with van der Waals surface area (Å²) in [5.41, 5.74) is -0.773. The van der Waals surface area contributed by atoms with Crippen LogP contribution in [0.3, 0.4) is 0 Å². The second-order valence-corrected chi connectivity index (χ2v) is 7.34. The quantitative estimate of drug-likeness (QED) is 0.398. The molecule has 0 aromatic rings. The van der Waals surface area contributed by atoms with Crippen LogP contribution in [0.1, 0.15) is 46.0 Å². The van der Waals surface area contributed by atoms with Crippen molar-refractivity contribution in [2.75, 3.05) is 26.2 Å². The molecule has 1 saturated carbocycles. The molecule has 3 N–H and O–H groups in total. The first kappa shape index (κ1) is 17.0. The van der Waals surface area contributed by atoms with Crippen molar-refractivity contribution in [3.63, 3.8) is 0 Å². The number of nitrogens with one attached hydrogen (secondary N) is 3. The summed E-state index contributed by atoms with van der Waals surface area (Å²) in [4.78, 5) is 30.6. The first-order chi connectivity index (χ1) is 11.5. The highest BCUT2D eigenvalue weighted by Gasteiger charge is 2.48. The maximum atomic E-state index is 12.1. The number of imide groups is 1. The van der Waals surface area contributed by atoms with E-state index in [1.807, 2.05) is 6.92 Å². The summed E-state index contributed by atoms with van der Waals surface area (Å²) < 4.78 is 0. The molecule has 0 aromatic heterocycles. The lowest BCUT2D eigenvalue weighted by atomic mass is 9.79. The molecule has 1 unspecified atom stereocenters. The molecule has 1 atom stereocenters. The molecule has 7 nitrogen and oxygen atoms in total. The normalized spacial score (nSPS) is 28.8. The van der Waals surface area contributed by atoms with Crippen LogP contribution in [-0.4, -0.2) is 54.5 Å². The summed E-state index contributed by atoms with van der Waals surface area (Å²) in [6, 6.07) is -0.375. The highest BCUT2D eigenvalue weighted by Crippen LogP contribution is 2.32. The van der Waals surface area contributed by atoms with E-state index in [2.05, 4.69) is 27.8 Å². The van der Waals surface area contributed by atoms with Crippen molar-refractivity contribution in [1.29, 1.82) is 0 Å². The first-order valence-corrected chi connectivity index (χ1v) is 9.19. The zero-order valence-electron chi connectivity index (χ0n) is 14.7. The third kappa shape index (κ3) is 3.65. The Hall–Kier alpha value is -1.79. The van der Waals surface area contributed by atoms with E-state index < -0.39 is 5.54 Å². The summed E-state index contributed by atoms with van der Waals surface area (Å²) in [6.45, 7) is 7.39. The zero-order chi connectivity index (χ0) is 17.2. The van der Waals surface area contributed by atoms with Gasteiger partial charge in [0.15, 0.2) is 5.96 Å². The molecule has 3 aliphatic rings. The van der Waals surface area contributed by atoms with Crippen LogP contribution >= 0.6 is 0 Å². The summed E-state index contributed by atoms with van der Waals surface area (Å²) in [5, 5.41) is 8.56. The van der Waals surface area contributed by atoms with Gasteiger partial charge in [-0.25, -0.2) is 4.79 Å². The molecule has 3 rings (SSSR count). The Labute approximate surface area is 143 Å². The number of urea groups is 1. The van der Waals surface area contributed by atoms with Crippen molar-refractivity contribution in [2.45, 2.75) is 51.5 Å². The molecule has 2 aliphatic heterocycles. The number of hydrogen-bond acceptors (Lipinski definition) is 3. The highest BCUT2D eigenvalue weighted by molar-refractivity contribution is 6.07. The van der Waals surface area contributed by atoms with Crippen LogP contribution in [0.4, 0.5) is 4.79 Å². The minimum atomic E-state index is -0.773. The fourth-order valence-corrected chi connectivity index (χ4v) is 3.70. The van der Waals surface area contributed by atoms with Gasteiger partial charge in [0.1, 0.15) is 5.54 Å². The Bertz CT molecular complexity index is 523. The molecular formula is C17H29N5O2. The van der Waals surface area contributed by atoms with E-state index >= 15 is 0 Å². The molecule has 0 aromatic carbocycles. The lowest BCUT2D eigenvalue weighted by Crippen LogP contribution is -2.55. The maximum absolute atomic E-state index is 12.1. The smallest absolute Gasteiger partial charge is 0.322 e. The van der Waals surface area contributed by atoms with Crippen LogP contribution in [0.15, 0.2) is 4.99 Å². The van der Waals surface area contributed by atoms with Crippen molar-refractivity contribution in [2.24, 2.45) is 16.8 Å². The SMILES string of the molecule is CCNC(=NCCC1CC1)N1CCC(C2(C)NC(=O)NC2=O)CC1. The molecule has 1 aliphatic carbocycles. The van der Waals surface area contributed by atoms with E-state index in [9.17, 15) is 9.59 Å². The van der Waals surface area contributed by atoms with Crippen LogP contribution in [0, 0.1) is 11.8 Å². The highest BCUT2D eigenvalue weighted by atomic mass is 16.2. The van der Waals surface area contributed by atoms with Crippen LogP contribution in [0.25, 0.3) is 0 Å². The Morgan fingerprint density at radius 1 is 1.29 bits per heavy atom. The van der Waals surface area contributed by atoms with Gasteiger partial charge in [0.05, 0.1) is 0 Å². The third-order valence-electron chi connectivity index (χ3n) is 5.51. The van der Waals surface area contributed by atoms with Crippen molar-refractivity contribution in [1.82, 2.24) is 20.9 Å². The monoisotopic (exact) mass is 335 g/mol. The first-order valence-electron chi connectivity index (χ1n) is 9.19. The number of carbonyl (C=O) groups excluding carboxylic acids is 2. The van der Waals surface area contributed by atoms with Gasteiger partial charge in [-0.1, -0.05) is 12.8 Å². The fourth-order valence-electron chi connectivity index (χ4n) is 3.70. The standard InChI is InChI=1S/C17H29N5O2/c1-3-18-15(19-9-6-12-4-5-12)22-10-7-13(8-11-22)17(2)14(23)20-16(24)21-17/h12-13H,3-11H2,1-2H3,(H,18,19)(H2,20,21,23,24). The van der Waals surface area contributed by atoms with Gasteiger partial charge in [-0.15, -0.1) is 0 Å². The van der Waals surface area contributed by atoms with E-state index in [1.165, 1.54) is 19.3 Å². The molecule has 0 bridgehead atoms. The molecular weight excluding hydrogens is 306 g/mol. The molecule has 134 valence electrons. The Morgan fingerprint density at radius 3 is 2.54 bits per heavy atom. The van der Waals surface area contributed by atoms with Crippen LogP contribution in [0.2, 0.25) is 0 Å². The number of nitrogens with zero attached hydrogens (tertiary/aromatic N) is 2. The lowest BCUT2D eigenvalue weighted by molar-refractivity contribution is -0.125. The second-order valence-electron chi connectivity index (χ2n) is 7.34. The number of aliphatic imine (C=N–C) groups is 1. The molecule has 0 spiro atoms. The van der Waals surface area contributed by atoms with Gasteiger partial charge in [0.2, 0.25) is 0 Å². The summed E-state index contributed by atoms with van der Waals surface area (Å²) in [6.07, 6.45) is 5.66. The number of likely N-dealkylation sites (tertiary alicyclic amines) is 1. The maximum Gasteiger partial charge on any atom is 0.322 e. The fraction of sp³-hybridized carbons (Fsp3) is 0.824. The average Bonchev–Trinajstić information content (AvgIpc) is 3.33. The van der Waals surface area contributed by atoms with Crippen molar-refractivity contribution < 1.29 is 9.59 Å². The summed E-state index contributed by atoms with van der Waals surface area (Å²) in [5.74, 6) is 1.85. The Kier molecular flexibility index (Phi) is 4.96. The van der Waals surface area contributed by atoms with Crippen LogP contribution < -0.4 is 16.0 Å². The largest absolute Gasteiger partial charge is 0.357 e. The van der Waals surface area contributed by atoms with Crippen LogP contribution in [0.5, 0.6) is 0 Å². The van der Waals surface area contributed by atoms with Gasteiger partial charge < -0.3 is 15.5 Å². The van der Waals surface area contributed by atoms with Gasteiger partial charge >= 0.3 is 6.03 Å². The van der Waals surface area contributed by atoms with E-state index in [0.717, 1.165) is 50.9 Å². The Morgan fingerprint density at radius 2 is 2.00 bits per heavy atom. The van der Waals surface area contributed by atoms with Gasteiger partial charge in [0.25, 0.3) is 5.91 Å². The molecule has 3 amide bonds. The molecule has 3 fully saturated rings. The average molecular weight is 335 g/mol. The van der Waals surface area contributed by atoms with E-state index in [-0.39, 0.29) is 17.9 Å². The number of carbonyl (C=O) groups is 2. The topological polar surface area (TPSA) is 85.8 Å². The van der Waals surface area contributed by atoms with Gasteiger partial charge in [-0.05, 0) is 44.9 Å². The van der Waals surface area contributed by atoms with Gasteiger partial charge in [0, 0.05) is 26.2 Å². The molecule has 7 heteroatoms. The number of amides is 3. The van der Waals surface area contributed by atoms with Crippen molar-refractivity contribution >= 4 is 17.9 Å². The van der Waals surface area contributed by atoms with Crippen LogP contribution in [-0.2, 0) is 4.79 Å². The van der Waals surface area contributed by atoms with Gasteiger partial charge in [-0.2, -0.15) is 0 Å². The number of guanidine groups is 1. The zero-order valence-corrected chi connectivity index (χ0v) is 14.7. The van der Waals surface area contributed by atoms with E-state index in [0.29, 0.717) is 0 Å². The summed E-state index contributed by atoms with van der Waals surface area (Å²) >= 11 is 0. The predicted molar refractivity (Wildman–Crippen MR) is 92.7 cm³/mol. The number of hydrogen-bond donors (Lipinski definition) is 3. The molecule has 24 heavy (non-hydrogen) atoms. The third-order valence-corrected chi connectivity index (χ3v) is 5.51. The van der Waals surface area contributed by atoms with E-state index in [1.54, 1.807) is 0 Å². The van der Waals surface area contributed by atoms with Crippen molar-refractivity contribution in [3.8, 4) is 0 Å². The van der Waals surface area contributed by atoms with Crippen molar-refractivity contribution in [3.05, 3.63) is 0 Å². The number of rotatable bonds is 5. The molecule has 2 saturated heterocycles. The number of piperidine rings is 1. The minimum absolute atomic E-state index is 0.162. The molecule has 0 radical (unpaired) electrons. The second kappa shape index (κ2) is 6.99.